The summed E-state index contributed by atoms with van der Waals surface area (Å²) in [6.07, 6.45) is 1.80. The number of halogens is 2. The predicted octanol–water partition coefficient (Wildman–Crippen LogP) is 3.67. The molecule has 0 aromatic heterocycles. The second-order valence-electron chi connectivity index (χ2n) is 4.86. The van der Waals surface area contributed by atoms with Crippen LogP contribution in [0.15, 0.2) is 18.2 Å². The van der Waals surface area contributed by atoms with Gasteiger partial charge in [-0.2, -0.15) is 0 Å². The molecule has 0 saturated carbocycles. The molecule has 2 nitrogen and oxygen atoms in total. The average molecular weight is 288 g/mol. The van der Waals surface area contributed by atoms with Crippen LogP contribution in [-0.2, 0) is 11.2 Å². The predicted molar refractivity (Wildman–Crippen MR) is 78.2 cm³/mol. The molecule has 1 aromatic carbocycles. The Labute approximate surface area is 120 Å². The highest BCUT2D eigenvalue weighted by atomic mass is 35.5. The van der Waals surface area contributed by atoms with Gasteiger partial charge in [0.15, 0.2) is 0 Å². The third-order valence-corrected chi connectivity index (χ3v) is 3.74. The molecule has 0 amide bonds. The van der Waals surface area contributed by atoms with Crippen molar-refractivity contribution in [2.45, 2.75) is 32.7 Å². The zero-order valence-corrected chi connectivity index (χ0v) is 12.6. The minimum atomic E-state index is -0.291. The Hall–Kier alpha value is -0.640. The van der Waals surface area contributed by atoms with Crippen molar-refractivity contribution in [3.05, 3.63) is 34.6 Å². The third kappa shape index (κ3) is 5.47. The zero-order chi connectivity index (χ0) is 14.3. The molecule has 0 fully saturated rings. The maximum atomic E-state index is 13.0. The molecule has 1 rings (SSSR count). The van der Waals surface area contributed by atoms with Crippen LogP contribution in [0.5, 0.6) is 0 Å². The van der Waals surface area contributed by atoms with Crippen molar-refractivity contribution in [2.75, 3.05) is 20.3 Å². The lowest BCUT2D eigenvalue weighted by Crippen LogP contribution is -2.37. The van der Waals surface area contributed by atoms with Crippen LogP contribution < -0.4 is 5.32 Å². The van der Waals surface area contributed by atoms with E-state index in [-0.39, 0.29) is 5.82 Å². The number of benzene rings is 1. The third-order valence-electron chi connectivity index (χ3n) is 3.39. The van der Waals surface area contributed by atoms with Gasteiger partial charge in [-0.15, -0.1) is 0 Å². The molecule has 2 atom stereocenters. The van der Waals surface area contributed by atoms with Gasteiger partial charge in [0.1, 0.15) is 5.82 Å². The van der Waals surface area contributed by atoms with Crippen LogP contribution in [0.4, 0.5) is 4.39 Å². The van der Waals surface area contributed by atoms with E-state index >= 15 is 0 Å². The van der Waals surface area contributed by atoms with E-state index in [0.717, 1.165) is 31.6 Å². The first-order valence-electron chi connectivity index (χ1n) is 6.74. The first-order chi connectivity index (χ1) is 9.08. The van der Waals surface area contributed by atoms with Crippen LogP contribution in [0.1, 0.15) is 25.8 Å². The van der Waals surface area contributed by atoms with Crippen molar-refractivity contribution < 1.29 is 9.13 Å². The van der Waals surface area contributed by atoms with Crippen LogP contribution in [0, 0.1) is 11.7 Å². The standard InChI is InChI=1S/C15H23ClFNO/c1-4-18-15(11(2)7-8-19-3)9-12-5-6-13(17)10-14(12)16/h5-6,10-11,15,18H,4,7-9H2,1-3H3. The van der Waals surface area contributed by atoms with E-state index in [1.165, 1.54) is 12.1 Å². The summed E-state index contributed by atoms with van der Waals surface area (Å²) in [4.78, 5) is 0. The summed E-state index contributed by atoms with van der Waals surface area (Å²) in [5.41, 5.74) is 0.985. The van der Waals surface area contributed by atoms with E-state index in [1.54, 1.807) is 13.2 Å². The van der Waals surface area contributed by atoms with E-state index < -0.39 is 0 Å². The Morgan fingerprint density at radius 3 is 2.74 bits per heavy atom. The van der Waals surface area contributed by atoms with Crippen molar-refractivity contribution in [2.24, 2.45) is 5.92 Å². The molecule has 0 aliphatic heterocycles. The Morgan fingerprint density at radius 1 is 1.42 bits per heavy atom. The minimum Gasteiger partial charge on any atom is -0.385 e. The number of nitrogens with one attached hydrogen (secondary N) is 1. The summed E-state index contributed by atoms with van der Waals surface area (Å²) in [6, 6.07) is 4.93. The van der Waals surface area contributed by atoms with Gasteiger partial charge in [-0.25, -0.2) is 4.39 Å². The summed E-state index contributed by atoms with van der Waals surface area (Å²) in [5, 5.41) is 3.98. The highest BCUT2D eigenvalue weighted by Crippen LogP contribution is 2.21. The van der Waals surface area contributed by atoms with Crippen LogP contribution in [0.3, 0.4) is 0 Å². The van der Waals surface area contributed by atoms with Crippen molar-refractivity contribution in [3.8, 4) is 0 Å². The lowest BCUT2D eigenvalue weighted by atomic mass is 9.92. The fourth-order valence-corrected chi connectivity index (χ4v) is 2.41. The van der Waals surface area contributed by atoms with E-state index in [4.69, 9.17) is 16.3 Å². The normalized spacial score (nSPS) is 14.4. The fraction of sp³-hybridized carbons (Fsp3) is 0.600. The molecule has 2 unspecified atom stereocenters. The first-order valence-corrected chi connectivity index (χ1v) is 7.12. The monoisotopic (exact) mass is 287 g/mol. The van der Waals surface area contributed by atoms with Crippen LogP contribution in [-0.4, -0.2) is 26.3 Å². The van der Waals surface area contributed by atoms with Gasteiger partial charge in [0.2, 0.25) is 0 Å². The van der Waals surface area contributed by atoms with Crippen LogP contribution in [0.25, 0.3) is 0 Å². The maximum absolute atomic E-state index is 13.0. The molecule has 0 bridgehead atoms. The van der Waals surface area contributed by atoms with Gasteiger partial charge in [-0.05, 0) is 43.0 Å². The summed E-state index contributed by atoms with van der Waals surface area (Å²) in [7, 11) is 1.71. The number of hydrogen-bond donors (Lipinski definition) is 1. The van der Waals surface area contributed by atoms with Crippen molar-refractivity contribution >= 4 is 11.6 Å². The van der Waals surface area contributed by atoms with Gasteiger partial charge in [0, 0.05) is 24.8 Å². The van der Waals surface area contributed by atoms with Crippen LogP contribution >= 0.6 is 11.6 Å². The highest BCUT2D eigenvalue weighted by molar-refractivity contribution is 6.31. The summed E-state index contributed by atoms with van der Waals surface area (Å²) in [6.45, 7) is 5.94. The van der Waals surface area contributed by atoms with E-state index in [1.807, 2.05) is 0 Å². The Bertz CT molecular complexity index is 386. The van der Waals surface area contributed by atoms with Gasteiger partial charge in [0.25, 0.3) is 0 Å². The molecule has 0 heterocycles. The number of hydrogen-bond acceptors (Lipinski definition) is 2. The van der Waals surface area contributed by atoms with E-state index in [2.05, 4.69) is 19.2 Å². The molecular formula is C15H23ClFNO. The van der Waals surface area contributed by atoms with Gasteiger partial charge < -0.3 is 10.1 Å². The van der Waals surface area contributed by atoms with Gasteiger partial charge in [-0.3, -0.25) is 0 Å². The molecule has 0 radical (unpaired) electrons. The van der Waals surface area contributed by atoms with Crippen LogP contribution in [0.2, 0.25) is 5.02 Å². The Morgan fingerprint density at radius 2 is 2.16 bits per heavy atom. The van der Waals surface area contributed by atoms with E-state index in [9.17, 15) is 4.39 Å². The maximum Gasteiger partial charge on any atom is 0.124 e. The molecule has 108 valence electrons. The zero-order valence-electron chi connectivity index (χ0n) is 11.9. The molecule has 1 N–H and O–H groups in total. The Balaban J connectivity index is 2.71. The molecule has 0 aliphatic carbocycles. The summed E-state index contributed by atoms with van der Waals surface area (Å²) < 4.78 is 18.2. The molecule has 19 heavy (non-hydrogen) atoms. The number of rotatable bonds is 8. The fourth-order valence-electron chi connectivity index (χ4n) is 2.17. The van der Waals surface area contributed by atoms with Crippen molar-refractivity contribution in [1.29, 1.82) is 0 Å². The van der Waals surface area contributed by atoms with E-state index in [0.29, 0.717) is 17.0 Å². The average Bonchev–Trinajstić information content (AvgIpc) is 2.38. The molecule has 1 aromatic rings. The molecular weight excluding hydrogens is 265 g/mol. The second-order valence-corrected chi connectivity index (χ2v) is 5.27. The minimum absolute atomic E-state index is 0.291. The molecule has 0 spiro atoms. The SMILES string of the molecule is CCNC(Cc1ccc(F)cc1Cl)C(C)CCOC. The van der Waals surface area contributed by atoms with Crippen molar-refractivity contribution in [1.82, 2.24) is 5.32 Å². The molecule has 0 saturated heterocycles. The van der Waals surface area contributed by atoms with Gasteiger partial charge in [0.05, 0.1) is 0 Å². The molecule has 0 aliphatic rings. The van der Waals surface area contributed by atoms with Gasteiger partial charge >= 0.3 is 0 Å². The van der Waals surface area contributed by atoms with Gasteiger partial charge in [-0.1, -0.05) is 31.5 Å². The lowest BCUT2D eigenvalue weighted by molar-refractivity contribution is 0.170. The largest absolute Gasteiger partial charge is 0.385 e. The topological polar surface area (TPSA) is 21.3 Å². The summed E-state index contributed by atoms with van der Waals surface area (Å²) in [5.74, 6) is 0.183. The number of methoxy groups -OCH3 is 1. The number of ether oxygens (including phenoxy) is 1. The van der Waals surface area contributed by atoms with Crippen molar-refractivity contribution in [3.63, 3.8) is 0 Å². The smallest absolute Gasteiger partial charge is 0.124 e. The highest BCUT2D eigenvalue weighted by Gasteiger charge is 2.18. The lowest BCUT2D eigenvalue weighted by Gasteiger charge is -2.25. The Kier molecular flexibility index (Phi) is 7.36. The summed E-state index contributed by atoms with van der Waals surface area (Å²) >= 11 is 6.09. The molecule has 4 heteroatoms. The quantitative estimate of drug-likeness (QED) is 0.788. The second kappa shape index (κ2) is 8.51. The number of likely N-dealkylation sites (N-methyl/N-ethyl adjacent to an activating group) is 1. The first kappa shape index (κ1) is 16.4.